The highest BCUT2D eigenvalue weighted by molar-refractivity contribution is 5.41. The molecule has 0 amide bonds. The summed E-state index contributed by atoms with van der Waals surface area (Å²) in [7, 11) is 0. The van der Waals surface area contributed by atoms with Crippen molar-refractivity contribution < 1.29 is 5.11 Å². The Hall–Kier alpha value is -2.17. The number of aromatic nitrogens is 2. The number of benzene rings is 1. The average molecular weight is 321 g/mol. The van der Waals surface area contributed by atoms with Crippen molar-refractivity contribution in [3.8, 4) is 0 Å². The molecule has 1 aliphatic rings. The first-order chi connectivity index (χ1) is 11.7. The Morgan fingerprint density at radius 2 is 2.00 bits per heavy atom. The Morgan fingerprint density at radius 1 is 1.21 bits per heavy atom. The van der Waals surface area contributed by atoms with Gasteiger partial charge in [-0.25, -0.2) is 4.98 Å². The molecule has 0 bridgehead atoms. The standard InChI is InChI=1S/C20H23N3O/c1-15-7-8-18-22-12-17(23(18)13-15)11-21-14-20(9-10-20)19(24)16-5-3-2-4-6-16/h2-8,12-13,19,21,24H,9-11,14H2,1H3. The molecule has 124 valence electrons. The molecule has 4 nitrogen and oxygen atoms in total. The summed E-state index contributed by atoms with van der Waals surface area (Å²) in [5.41, 5.74) is 4.35. The fraction of sp³-hybridized carbons (Fsp3) is 0.350. The van der Waals surface area contributed by atoms with Gasteiger partial charge in [-0.3, -0.25) is 0 Å². The number of imidazole rings is 1. The Labute approximate surface area is 142 Å². The van der Waals surface area contributed by atoms with Gasteiger partial charge in [0.1, 0.15) is 5.65 Å². The molecule has 1 aromatic carbocycles. The van der Waals surface area contributed by atoms with E-state index in [1.54, 1.807) is 0 Å². The molecular formula is C20H23N3O. The van der Waals surface area contributed by atoms with Crippen molar-refractivity contribution in [2.24, 2.45) is 5.41 Å². The van der Waals surface area contributed by atoms with Gasteiger partial charge in [0.2, 0.25) is 0 Å². The number of aliphatic hydroxyl groups is 1. The summed E-state index contributed by atoms with van der Waals surface area (Å²) in [5, 5.41) is 14.3. The topological polar surface area (TPSA) is 49.6 Å². The van der Waals surface area contributed by atoms with Crippen LogP contribution in [0.1, 0.15) is 35.8 Å². The third-order valence-electron chi connectivity index (χ3n) is 5.10. The van der Waals surface area contributed by atoms with E-state index >= 15 is 0 Å². The molecule has 4 rings (SSSR count). The fourth-order valence-corrected chi connectivity index (χ4v) is 3.40. The van der Waals surface area contributed by atoms with Crippen LogP contribution in [0, 0.1) is 12.3 Å². The summed E-state index contributed by atoms with van der Waals surface area (Å²) in [6.45, 7) is 3.67. The quantitative estimate of drug-likeness (QED) is 0.733. The van der Waals surface area contributed by atoms with Crippen LogP contribution in [-0.4, -0.2) is 21.0 Å². The Kier molecular flexibility index (Phi) is 3.87. The van der Waals surface area contributed by atoms with Crippen LogP contribution in [0.2, 0.25) is 0 Å². The minimum absolute atomic E-state index is 0.0161. The Morgan fingerprint density at radius 3 is 2.75 bits per heavy atom. The number of fused-ring (bicyclic) bond motifs is 1. The summed E-state index contributed by atoms with van der Waals surface area (Å²) in [6, 6.07) is 14.1. The van der Waals surface area contributed by atoms with E-state index in [2.05, 4.69) is 33.9 Å². The number of hydrogen-bond acceptors (Lipinski definition) is 3. The van der Waals surface area contributed by atoms with Crippen molar-refractivity contribution in [1.82, 2.24) is 14.7 Å². The highest BCUT2D eigenvalue weighted by atomic mass is 16.3. The monoisotopic (exact) mass is 321 g/mol. The largest absolute Gasteiger partial charge is 0.388 e. The second-order valence-corrected chi connectivity index (χ2v) is 6.96. The maximum atomic E-state index is 10.7. The van der Waals surface area contributed by atoms with E-state index < -0.39 is 6.10 Å². The summed E-state index contributed by atoms with van der Waals surface area (Å²) in [4.78, 5) is 4.45. The van der Waals surface area contributed by atoms with E-state index in [0.717, 1.165) is 42.8 Å². The predicted octanol–water partition coefficient (Wildman–Crippen LogP) is 3.25. The molecule has 0 radical (unpaired) electrons. The molecule has 2 aromatic heterocycles. The van der Waals surface area contributed by atoms with Gasteiger partial charge in [-0.2, -0.15) is 0 Å². The summed E-state index contributed by atoms with van der Waals surface area (Å²) in [6.07, 6.45) is 5.79. The van der Waals surface area contributed by atoms with Gasteiger partial charge in [0.25, 0.3) is 0 Å². The molecule has 4 heteroatoms. The Balaban J connectivity index is 1.42. The van der Waals surface area contributed by atoms with Crippen LogP contribution in [0.4, 0.5) is 0 Å². The van der Waals surface area contributed by atoms with Crippen LogP contribution in [0.3, 0.4) is 0 Å². The van der Waals surface area contributed by atoms with Crippen LogP contribution in [0.5, 0.6) is 0 Å². The molecule has 1 unspecified atom stereocenters. The smallest absolute Gasteiger partial charge is 0.136 e. The number of aryl methyl sites for hydroxylation is 1. The van der Waals surface area contributed by atoms with E-state index in [-0.39, 0.29) is 5.41 Å². The predicted molar refractivity (Wildman–Crippen MR) is 94.7 cm³/mol. The minimum atomic E-state index is -0.393. The third kappa shape index (κ3) is 2.83. The van der Waals surface area contributed by atoms with E-state index in [1.165, 1.54) is 5.56 Å². The van der Waals surface area contributed by atoms with E-state index in [4.69, 9.17) is 0 Å². The van der Waals surface area contributed by atoms with Crippen LogP contribution < -0.4 is 5.32 Å². The molecule has 2 N–H and O–H groups in total. The number of rotatable bonds is 6. The lowest BCUT2D eigenvalue weighted by Gasteiger charge is -2.23. The van der Waals surface area contributed by atoms with Gasteiger partial charge >= 0.3 is 0 Å². The van der Waals surface area contributed by atoms with Crippen molar-refractivity contribution in [2.75, 3.05) is 6.54 Å². The molecule has 0 spiro atoms. The van der Waals surface area contributed by atoms with E-state index in [1.807, 2.05) is 42.6 Å². The maximum Gasteiger partial charge on any atom is 0.136 e. The second kappa shape index (κ2) is 6.04. The van der Waals surface area contributed by atoms with Gasteiger partial charge in [0.05, 0.1) is 18.0 Å². The first kappa shape index (κ1) is 15.4. The molecule has 2 heterocycles. The van der Waals surface area contributed by atoms with Crippen molar-refractivity contribution in [3.05, 3.63) is 71.7 Å². The van der Waals surface area contributed by atoms with Gasteiger partial charge < -0.3 is 14.8 Å². The third-order valence-corrected chi connectivity index (χ3v) is 5.10. The molecule has 1 atom stereocenters. The van der Waals surface area contributed by atoms with Crippen LogP contribution in [-0.2, 0) is 6.54 Å². The fourth-order valence-electron chi connectivity index (χ4n) is 3.40. The lowest BCUT2D eigenvalue weighted by Crippen LogP contribution is -2.28. The SMILES string of the molecule is Cc1ccc2ncc(CNCC3(C(O)c4ccccc4)CC3)n2c1. The zero-order valence-electron chi connectivity index (χ0n) is 13.9. The summed E-state index contributed by atoms with van der Waals surface area (Å²) >= 11 is 0. The first-order valence-corrected chi connectivity index (χ1v) is 8.54. The van der Waals surface area contributed by atoms with Gasteiger partial charge in [-0.15, -0.1) is 0 Å². The number of pyridine rings is 1. The van der Waals surface area contributed by atoms with Gasteiger partial charge in [0, 0.05) is 24.7 Å². The summed E-state index contributed by atoms with van der Waals surface area (Å²) in [5.74, 6) is 0. The molecular weight excluding hydrogens is 298 g/mol. The van der Waals surface area contributed by atoms with E-state index in [0.29, 0.717) is 0 Å². The van der Waals surface area contributed by atoms with Crippen molar-refractivity contribution in [1.29, 1.82) is 0 Å². The first-order valence-electron chi connectivity index (χ1n) is 8.54. The average Bonchev–Trinajstić information content (AvgIpc) is 3.30. The molecule has 1 fully saturated rings. The van der Waals surface area contributed by atoms with Crippen LogP contribution in [0.25, 0.3) is 5.65 Å². The molecule has 0 aliphatic heterocycles. The van der Waals surface area contributed by atoms with Crippen LogP contribution in [0.15, 0.2) is 54.9 Å². The molecule has 1 aliphatic carbocycles. The highest BCUT2D eigenvalue weighted by Gasteiger charge is 2.48. The number of nitrogens with one attached hydrogen (secondary N) is 1. The van der Waals surface area contributed by atoms with Crippen molar-refractivity contribution >= 4 is 5.65 Å². The molecule has 0 saturated heterocycles. The van der Waals surface area contributed by atoms with E-state index in [9.17, 15) is 5.11 Å². The zero-order valence-corrected chi connectivity index (χ0v) is 13.9. The highest BCUT2D eigenvalue weighted by Crippen LogP contribution is 2.54. The summed E-state index contributed by atoms with van der Waals surface area (Å²) < 4.78 is 2.13. The lowest BCUT2D eigenvalue weighted by atomic mass is 9.92. The maximum absolute atomic E-state index is 10.7. The lowest BCUT2D eigenvalue weighted by molar-refractivity contribution is 0.0916. The van der Waals surface area contributed by atoms with Gasteiger partial charge in [-0.05, 0) is 37.0 Å². The number of aliphatic hydroxyl groups excluding tert-OH is 1. The Bertz CT molecular complexity index is 836. The normalized spacial score (nSPS) is 17.1. The molecule has 24 heavy (non-hydrogen) atoms. The molecule has 3 aromatic rings. The van der Waals surface area contributed by atoms with Crippen molar-refractivity contribution in [2.45, 2.75) is 32.4 Å². The second-order valence-electron chi connectivity index (χ2n) is 6.96. The number of nitrogens with zero attached hydrogens (tertiary/aromatic N) is 2. The van der Waals surface area contributed by atoms with Crippen molar-refractivity contribution in [3.63, 3.8) is 0 Å². The zero-order chi connectivity index (χ0) is 16.6. The minimum Gasteiger partial charge on any atom is -0.388 e. The molecule has 1 saturated carbocycles. The van der Waals surface area contributed by atoms with Gasteiger partial charge in [-0.1, -0.05) is 36.4 Å². The van der Waals surface area contributed by atoms with Crippen LogP contribution >= 0.6 is 0 Å². The number of hydrogen-bond donors (Lipinski definition) is 2. The van der Waals surface area contributed by atoms with Gasteiger partial charge in [0.15, 0.2) is 0 Å².